The van der Waals surface area contributed by atoms with Gasteiger partial charge in [0.1, 0.15) is 13.1 Å². The number of rotatable bonds is 11. The van der Waals surface area contributed by atoms with E-state index >= 15 is 0 Å². The van der Waals surface area contributed by atoms with Crippen molar-refractivity contribution in [3.05, 3.63) is 65.2 Å². The molecule has 15 nitrogen and oxygen atoms in total. The Labute approximate surface area is 186 Å². The highest BCUT2D eigenvalue weighted by Crippen LogP contribution is 1.91. The Bertz CT molecular complexity index is 1240. The molecule has 2 rings (SSSR count). The highest BCUT2D eigenvalue weighted by molar-refractivity contribution is 5.79. The lowest BCUT2D eigenvalue weighted by molar-refractivity contribution is -0.120. The number of aromatic amines is 2. The molecule has 7 N–H and O–H groups in total. The highest BCUT2D eigenvalue weighted by Gasteiger charge is 2.16. The van der Waals surface area contributed by atoms with Crippen molar-refractivity contribution in [3.63, 3.8) is 0 Å². The zero-order valence-corrected chi connectivity index (χ0v) is 18.3. The number of aromatic nitrogens is 4. The first kappa shape index (κ1) is 25.1. The van der Waals surface area contributed by atoms with Gasteiger partial charge in [0, 0.05) is 43.2 Å². The number of nitrogens with one attached hydrogen (secondary N) is 3. The van der Waals surface area contributed by atoms with E-state index in [9.17, 15) is 28.8 Å². The van der Waals surface area contributed by atoms with Gasteiger partial charge in [-0.15, -0.1) is 0 Å². The summed E-state index contributed by atoms with van der Waals surface area (Å²) in [4.78, 5) is 75.6. The molecule has 0 aliphatic carbocycles. The van der Waals surface area contributed by atoms with Gasteiger partial charge in [0.05, 0.1) is 6.54 Å². The Morgan fingerprint density at radius 2 is 1.39 bits per heavy atom. The molecule has 0 aliphatic rings. The van der Waals surface area contributed by atoms with Crippen LogP contribution in [0.3, 0.4) is 0 Å². The molecule has 0 bridgehead atoms. The molecule has 15 heteroatoms. The Balaban J connectivity index is 2.10. The van der Waals surface area contributed by atoms with E-state index < -0.39 is 34.3 Å². The van der Waals surface area contributed by atoms with Crippen molar-refractivity contribution in [2.45, 2.75) is 13.8 Å². The van der Waals surface area contributed by atoms with E-state index in [2.05, 4.69) is 15.3 Å². The van der Waals surface area contributed by atoms with E-state index in [0.717, 1.165) is 9.35 Å². The van der Waals surface area contributed by atoms with Gasteiger partial charge in [-0.2, -0.15) is 0 Å². The second-order valence-electron chi connectivity index (χ2n) is 7.21. The summed E-state index contributed by atoms with van der Waals surface area (Å²) in [5, 5.41) is 5.24. The average Bonchev–Trinajstić information content (AvgIpc) is 2.72. The van der Waals surface area contributed by atoms with E-state index in [0.29, 0.717) is 0 Å². The number of carbonyl (C=O) groups excluding carboxylic acids is 2. The molecule has 33 heavy (non-hydrogen) atoms. The number of primary amides is 1. The molecule has 0 spiro atoms. The van der Waals surface area contributed by atoms with E-state index in [1.165, 1.54) is 36.3 Å². The lowest BCUT2D eigenvalue weighted by Gasteiger charge is -2.26. The Hall–Kier alpha value is -4.14. The first-order valence-electron chi connectivity index (χ1n) is 9.94. The van der Waals surface area contributed by atoms with E-state index in [4.69, 9.17) is 11.5 Å². The van der Waals surface area contributed by atoms with Crippen molar-refractivity contribution in [3.8, 4) is 0 Å². The number of carbonyl (C=O) groups is 2. The number of H-pyrrole nitrogens is 2. The molecule has 2 amide bonds. The van der Waals surface area contributed by atoms with Crippen molar-refractivity contribution >= 4 is 11.8 Å². The molecule has 0 fully saturated rings. The Morgan fingerprint density at radius 1 is 0.909 bits per heavy atom. The van der Waals surface area contributed by atoms with Crippen LogP contribution in [-0.4, -0.2) is 70.4 Å². The van der Waals surface area contributed by atoms with E-state index in [1.807, 2.05) is 0 Å². The van der Waals surface area contributed by atoms with Gasteiger partial charge in [0.2, 0.25) is 11.8 Å². The molecular weight excluding hydrogens is 438 g/mol. The van der Waals surface area contributed by atoms with Crippen molar-refractivity contribution < 1.29 is 9.59 Å². The van der Waals surface area contributed by atoms with Gasteiger partial charge < -0.3 is 16.8 Å². The number of nitrogens with two attached hydrogens (primary N) is 2. The monoisotopic (exact) mass is 465 g/mol. The van der Waals surface area contributed by atoms with Crippen LogP contribution < -0.4 is 49.3 Å². The second kappa shape index (κ2) is 10.9. The third-order valence-corrected chi connectivity index (χ3v) is 4.56. The van der Waals surface area contributed by atoms with Gasteiger partial charge in [-0.1, -0.05) is 0 Å². The van der Waals surface area contributed by atoms with Crippen LogP contribution >= 0.6 is 0 Å². The quantitative estimate of drug-likeness (QED) is 0.215. The molecule has 2 heterocycles. The van der Waals surface area contributed by atoms with Gasteiger partial charge in [-0.3, -0.25) is 39.2 Å². The molecular formula is C18H27N9O6. The molecule has 180 valence electrons. The summed E-state index contributed by atoms with van der Waals surface area (Å²) in [7, 11) is 0. The lowest BCUT2D eigenvalue weighted by atomic mass is 10.4. The second-order valence-corrected chi connectivity index (χ2v) is 7.21. The minimum absolute atomic E-state index is 0.00669. The summed E-state index contributed by atoms with van der Waals surface area (Å²) in [6, 6.07) is 0. The SMILES string of the molecule is Cc1cn(N(CCNC(=O)CN(CCN)n2cc(C)c(=O)[nH]c2=O)CC(N)=O)c(=O)[nH]c1=O. The molecule has 2 aromatic rings. The van der Waals surface area contributed by atoms with Crippen molar-refractivity contribution in [1.29, 1.82) is 0 Å². The predicted molar refractivity (Wildman–Crippen MR) is 119 cm³/mol. The number of hydrogen-bond donors (Lipinski definition) is 5. The summed E-state index contributed by atoms with van der Waals surface area (Å²) in [6.45, 7) is 2.72. The number of aryl methyl sites for hydroxylation is 2. The normalized spacial score (nSPS) is 10.6. The molecule has 0 atom stereocenters. The summed E-state index contributed by atoms with van der Waals surface area (Å²) in [6.07, 6.45) is 2.57. The highest BCUT2D eigenvalue weighted by atomic mass is 16.2. The minimum Gasteiger partial charge on any atom is -0.368 e. The molecule has 0 radical (unpaired) electrons. The van der Waals surface area contributed by atoms with Crippen LogP contribution in [0.4, 0.5) is 0 Å². The van der Waals surface area contributed by atoms with Crippen LogP contribution in [0.2, 0.25) is 0 Å². The maximum Gasteiger partial charge on any atom is 0.347 e. The van der Waals surface area contributed by atoms with Crippen molar-refractivity contribution in [2.75, 3.05) is 49.3 Å². The fraction of sp³-hybridized carbons (Fsp3) is 0.444. The molecule has 0 aromatic carbocycles. The van der Waals surface area contributed by atoms with E-state index in [-0.39, 0.29) is 50.4 Å². The first-order valence-corrected chi connectivity index (χ1v) is 9.94. The Kier molecular flexibility index (Phi) is 8.33. The summed E-state index contributed by atoms with van der Waals surface area (Å²) >= 11 is 0. The van der Waals surface area contributed by atoms with Crippen molar-refractivity contribution in [1.82, 2.24) is 24.6 Å². The third kappa shape index (κ3) is 6.67. The maximum absolute atomic E-state index is 12.5. The van der Waals surface area contributed by atoms with Gasteiger partial charge in [-0.05, 0) is 13.8 Å². The van der Waals surface area contributed by atoms with Crippen LogP contribution in [0.25, 0.3) is 0 Å². The zero-order valence-electron chi connectivity index (χ0n) is 18.3. The maximum atomic E-state index is 12.5. The summed E-state index contributed by atoms with van der Waals surface area (Å²) in [5.41, 5.74) is 8.78. The molecule has 0 saturated heterocycles. The number of nitrogens with zero attached hydrogens (tertiary/aromatic N) is 4. The van der Waals surface area contributed by atoms with Gasteiger partial charge in [-0.25, -0.2) is 18.9 Å². The summed E-state index contributed by atoms with van der Waals surface area (Å²) < 4.78 is 2.14. The van der Waals surface area contributed by atoms with Crippen LogP contribution in [0.1, 0.15) is 11.1 Å². The number of amides is 2. The van der Waals surface area contributed by atoms with Gasteiger partial charge in [0.25, 0.3) is 11.1 Å². The minimum atomic E-state index is -0.764. The topological polar surface area (TPSA) is 214 Å². The Morgan fingerprint density at radius 3 is 1.85 bits per heavy atom. The van der Waals surface area contributed by atoms with Crippen LogP contribution in [0.15, 0.2) is 31.6 Å². The average molecular weight is 465 g/mol. The van der Waals surface area contributed by atoms with Gasteiger partial charge in [0.15, 0.2) is 0 Å². The molecule has 0 aliphatic heterocycles. The molecule has 2 aromatic heterocycles. The van der Waals surface area contributed by atoms with Crippen LogP contribution in [-0.2, 0) is 9.59 Å². The summed E-state index contributed by atoms with van der Waals surface area (Å²) in [5.74, 6) is -1.21. The fourth-order valence-electron chi connectivity index (χ4n) is 2.93. The van der Waals surface area contributed by atoms with E-state index in [1.54, 1.807) is 0 Å². The molecule has 0 saturated carbocycles. The van der Waals surface area contributed by atoms with Crippen LogP contribution in [0, 0.1) is 13.8 Å². The lowest BCUT2D eigenvalue weighted by Crippen LogP contribution is -2.53. The third-order valence-electron chi connectivity index (χ3n) is 4.56. The fourth-order valence-corrected chi connectivity index (χ4v) is 2.93. The number of hydrogen-bond acceptors (Lipinski definition) is 9. The smallest absolute Gasteiger partial charge is 0.347 e. The standard InChI is InChI=1S/C18H27N9O6/c1-11-7-26(17(32)22-15(11)30)24(5-3-19)10-14(29)21-4-6-25(9-13(20)28)27-8-12(2)16(31)23-18(27)33/h7-8H,3-6,9-10,19H2,1-2H3,(H2,20,28)(H,21,29)(H,22,30,32)(H,23,31,33). The van der Waals surface area contributed by atoms with Gasteiger partial charge >= 0.3 is 11.4 Å². The van der Waals surface area contributed by atoms with Crippen LogP contribution in [0.5, 0.6) is 0 Å². The zero-order chi connectivity index (χ0) is 24.7. The predicted octanol–water partition coefficient (Wildman–Crippen LogP) is -4.86. The largest absolute Gasteiger partial charge is 0.368 e. The van der Waals surface area contributed by atoms with Crippen molar-refractivity contribution in [2.24, 2.45) is 11.5 Å². The first-order chi connectivity index (χ1) is 15.5. The molecule has 0 unspecified atom stereocenters.